The van der Waals surface area contributed by atoms with Crippen molar-refractivity contribution in [3.05, 3.63) is 23.8 Å². The molecule has 0 aliphatic carbocycles. The minimum atomic E-state index is -0.0184. The number of aliphatic hydroxyl groups excluding tert-OH is 1. The maximum Gasteiger partial charge on any atom is 0.243 e. The molecular weight excluding hydrogens is 180 g/mol. The number of amides is 1. The number of hydrogen-bond donors (Lipinski definition) is 2. The van der Waals surface area contributed by atoms with Crippen LogP contribution in [0.3, 0.4) is 0 Å². The molecule has 0 bridgehead atoms. The topological polar surface area (TPSA) is 52.6 Å². The Kier molecular flexibility index (Phi) is 2.13. The van der Waals surface area contributed by atoms with Crippen molar-refractivity contribution in [3.63, 3.8) is 0 Å². The standard InChI is InChI=1S/C10H12N2O2/c1-12-5-10(14)11-8-4-7(6-13)2-3-9(8)12/h2-4,13H,5-6H2,1H3,(H,11,14). The lowest BCUT2D eigenvalue weighted by Crippen LogP contribution is -2.35. The van der Waals surface area contributed by atoms with Crippen LogP contribution < -0.4 is 10.2 Å². The van der Waals surface area contributed by atoms with Crippen LogP contribution in [-0.4, -0.2) is 24.6 Å². The minimum Gasteiger partial charge on any atom is -0.392 e. The van der Waals surface area contributed by atoms with E-state index in [1.54, 1.807) is 6.07 Å². The van der Waals surface area contributed by atoms with Crippen molar-refractivity contribution in [3.8, 4) is 0 Å². The molecule has 4 heteroatoms. The van der Waals surface area contributed by atoms with Gasteiger partial charge in [-0.15, -0.1) is 0 Å². The third-order valence-electron chi connectivity index (χ3n) is 2.31. The lowest BCUT2D eigenvalue weighted by Gasteiger charge is -2.27. The number of fused-ring (bicyclic) bond motifs is 1. The number of carbonyl (C=O) groups excluding carboxylic acids is 1. The molecule has 1 aromatic rings. The highest BCUT2D eigenvalue weighted by Crippen LogP contribution is 2.29. The summed E-state index contributed by atoms with van der Waals surface area (Å²) >= 11 is 0. The third kappa shape index (κ3) is 1.44. The molecule has 1 amide bonds. The highest BCUT2D eigenvalue weighted by molar-refractivity contribution is 6.01. The van der Waals surface area contributed by atoms with Gasteiger partial charge >= 0.3 is 0 Å². The Morgan fingerprint density at radius 2 is 2.36 bits per heavy atom. The molecule has 4 nitrogen and oxygen atoms in total. The van der Waals surface area contributed by atoms with Gasteiger partial charge in [-0.05, 0) is 17.7 Å². The number of benzene rings is 1. The van der Waals surface area contributed by atoms with Crippen molar-refractivity contribution in [1.82, 2.24) is 0 Å². The number of nitrogens with one attached hydrogen (secondary N) is 1. The number of carbonyl (C=O) groups is 1. The van der Waals surface area contributed by atoms with Crippen LogP contribution >= 0.6 is 0 Å². The quantitative estimate of drug-likeness (QED) is 0.684. The first kappa shape index (κ1) is 9.02. The number of anilines is 2. The van der Waals surface area contributed by atoms with Crippen LogP contribution in [0.25, 0.3) is 0 Å². The number of likely N-dealkylation sites (N-methyl/N-ethyl adjacent to an activating group) is 1. The Morgan fingerprint density at radius 3 is 3.07 bits per heavy atom. The molecule has 74 valence electrons. The van der Waals surface area contributed by atoms with Gasteiger partial charge in [-0.3, -0.25) is 4.79 Å². The normalized spacial score (nSPS) is 15.0. The smallest absolute Gasteiger partial charge is 0.243 e. The molecule has 2 rings (SSSR count). The van der Waals surface area contributed by atoms with Crippen molar-refractivity contribution in [2.75, 3.05) is 23.8 Å². The van der Waals surface area contributed by atoms with E-state index in [2.05, 4.69) is 5.32 Å². The van der Waals surface area contributed by atoms with Crippen LogP contribution in [0.2, 0.25) is 0 Å². The van der Waals surface area contributed by atoms with E-state index in [4.69, 9.17) is 5.11 Å². The van der Waals surface area contributed by atoms with E-state index < -0.39 is 0 Å². The highest BCUT2D eigenvalue weighted by atomic mass is 16.3. The molecule has 1 aliphatic rings. The summed E-state index contributed by atoms with van der Waals surface area (Å²) in [6, 6.07) is 5.55. The molecule has 1 heterocycles. The van der Waals surface area contributed by atoms with E-state index in [9.17, 15) is 4.79 Å². The second kappa shape index (κ2) is 3.31. The lowest BCUT2D eigenvalue weighted by molar-refractivity contribution is -0.115. The summed E-state index contributed by atoms with van der Waals surface area (Å²) in [5, 5.41) is 11.7. The van der Waals surface area contributed by atoms with Gasteiger partial charge < -0.3 is 15.3 Å². The fourth-order valence-corrected chi connectivity index (χ4v) is 1.60. The molecule has 14 heavy (non-hydrogen) atoms. The van der Waals surface area contributed by atoms with Gasteiger partial charge in [0.1, 0.15) is 0 Å². The molecule has 0 unspecified atom stereocenters. The van der Waals surface area contributed by atoms with E-state index in [-0.39, 0.29) is 12.5 Å². The van der Waals surface area contributed by atoms with Crippen LogP contribution in [-0.2, 0) is 11.4 Å². The molecule has 0 radical (unpaired) electrons. The van der Waals surface area contributed by atoms with Crippen molar-refractivity contribution >= 4 is 17.3 Å². The molecule has 0 fully saturated rings. The van der Waals surface area contributed by atoms with Crippen LogP contribution in [0.4, 0.5) is 11.4 Å². The van der Waals surface area contributed by atoms with Crippen LogP contribution in [0.1, 0.15) is 5.56 Å². The molecule has 0 saturated heterocycles. The van der Waals surface area contributed by atoms with E-state index in [0.717, 1.165) is 16.9 Å². The van der Waals surface area contributed by atoms with Gasteiger partial charge in [-0.1, -0.05) is 6.07 Å². The zero-order chi connectivity index (χ0) is 10.1. The molecular formula is C10H12N2O2. The van der Waals surface area contributed by atoms with Crippen molar-refractivity contribution in [2.24, 2.45) is 0 Å². The summed E-state index contributed by atoms with van der Waals surface area (Å²) < 4.78 is 0. The van der Waals surface area contributed by atoms with Gasteiger partial charge in [0, 0.05) is 7.05 Å². The van der Waals surface area contributed by atoms with E-state index in [0.29, 0.717) is 6.54 Å². The molecule has 2 N–H and O–H groups in total. The van der Waals surface area contributed by atoms with Crippen molar-refractivity contribution < 1.29 is 9.90 Å². The summed E-state index contributed by atoms with van der Waals surface area (Å²) in [4.78, 5) is 13.1. The largest absolute Gasteiger partial charge is 0.392 e. The second-order valence-corrected chi connectivity index (χ2v) is 3.41. The third-order valence-corrected chi connectivity index (χ3v) is 2.31. The summed E-state index contributed by atoms with van der Waals surface area (Å²) in [5.41, 5.74) is 2.57. The molecule has 0 aromatic heterocycles. The van der Waals surface area contributed by atoms with Gasteiger partial charge in [0.2, 0.25) is 5.91 Å². The first-order valence-electron chi connectivity index (χ1n) is 4.45. The predicted molar refractivity (Wildman–Crippen MR) is 54.3 cm³/mol. The first-order chi connectivity index (χ1) is 6.70. The number of aliphatic hydroxyl groups is 1. The Morgan fingerprint density at radius 1 is 1.57 bits per heavy atom. The summed E-state index contributed by atoms with van der Waals surface area (Å²) in [6.07, 6.45) is 0. The van der Waals surface area contributed by atoms with Crippen LogP contribution in [0.15, 0.2) is 18.2 Å². The van der Waals surface area contributed by atoms with Gasteiger partial charge in [0.25, 0.3) is 0 Å². The molecule has 0 atom stereocenters. The lowest BCUT2D eigenvalue weighted by atomic mass is 10.1. The average Bonchev–Trinajstić information content (AvgIpc) is 2.16. The van der Waals surface area contributed by atoms with Crippen LogP contribution in [0, 0.1) is 0 Å². The first-order valence-corrected chi connectivity index (χ1v) is 4.45. The fraction of sp³-hybridized carbons (Fsp3) is 0.300. The molecule has 1 aromatic carbocycles. The van der Waals surface area contributed by atoms with Gasteiger partial charge in [-0.2, -0.15) is 0 Å². The molecule has 0 spiro atoms. The van der Waals surface area contributed by atoms with E-state index >= 15 is 0 Å². The van der Waals surface area contributed by atoms with Gasteiger partial charge in [-0.25, -0.2) is 0 Å². The zero-order valence-corrected chi connectivity index (χ0v) is 7.95. The molecule has 0 saturated carbocycles. The SMILES string of the molecule is CN1CC(=O)Nc2cc(CO)ccc21. The summed E-state index contributed by atoms with van der Waals surface area (Å²) in [7, 11) is 1.87. The van der Waals surface area contributed by atoms with Crippen molar-refractivity contribution in [2.45, 2.75) is 6.61 Å². The van der Waals surface area contributed by atoms with Gasteiger partial charge in [0.15, 0.2) is 0 Å². The Bertz CT molecular complexity index is 376. The van der Waals surface area contributed by atoms with E-state index in [1.165, 1.54) is 0 Å². The maximum atomic E-state index is 11.2. The van der Waals surface area contributed by atoms with E-state index in [1.807, 2.05) is 24.1 Å². The van der Waals surface area contributed by atoms with Gasteiger partial charge in [0.05, 0.1) is 24.5 Å². The minimum absolute atomic E-state index is 0.00708. The zero-order valence-electron chi connectivity index (χ0n) is 7.95. The number of nitrogens with zero attached hydrogens (tertiary/aromatic N) is 1. The predicted octanol–water partition coefficient (Wildman–Crippen LogP) is 0.567. The Hall–Kier alpha value is -1.55. The average molecular weight is 192 g/mol. The van der Waals surface area contributed by atoms with Crippen molar-refractivity contribution in [1.29, 1.82) is 0 Å². The second-order valence-electron chi connectivity index (χ2n) is 3.41. The monoisotopic (exact) mass is 192 g/mol. The maximum absolute atomic E-state index is 11.2. The highest BCUT2D eigenvalue weighted by Gasteiger charge is 2.18. The van der Waals surface area contributed by atoms with Crippen LogP contribution in [0.5, 0.6) is 0 Å². The molecule has 1 aliphatic heterocycles. The summed E-state index contributed by atoms with van der Waals surface area (Å²) in [5.74, 6) is -0.0184. The summed E-state index contributed by atoms with van der Waals surface area (Å²) in [6.45, 7) is 0.373. The Labute approximate surface area is 82.2 Å². The number of hydrogen-bond acceptors (Lipinski definition) is 3. The fourth-order valence-electron chi connectivity index (χ4n) is 1.60. The number of rotatable bonds is 1. The Balaban J connectivity index is 2.43.